The monoisotopic (exact) mass is 437 g/mol. The van der Waals surface area contributed by atoms with Crippen LogP contribution in [0.2, 0.25) is 0 Å². The van der Waals surface area contributed by atoms with Crippen molar-refractivity contribution >= 4 is 15.9 Å². The SMILES string of the molecule is O=C(C[C@H](c1cccnc1)S(=O)(=O)N1CCC(OCc2ccccc2F)CC1)NO. The van der Waals surface area contributed by atoms with Gasteiger partial charge in [-0.2, -0.15) is 0 Å². The molecule has 0 saturated carbocycles. The van der Waals surface area contributed by atoms with E-state index >= 15 is 0 Å². The third-order valence-corrected chi connectivity index (χ3v) is 7.35. The second kappa shape index (κ2) is 10.1. The number of carbonyl (C=O) groups excluding carboxylic acids is 1. The fourth-order valence-electron chi connectivity index (χ4n) is 3.43. The van der Waals surface area contributed by atoms with Crippen LogP contribution in [-0.2, 0) is 26.2 Å². The van der Waals surface area contributed by atoms with Gasteiger partial charge in [-0.3, -0.25) is 15.0 Å². The van der Waals surface area contributed by atoms with Gasteiger partial charge in [0.25, 0.3) is 0 Å². The highest BCUT2D eigenvalue weighted by molar-refractivity contribution is 7.89. The zero-order valence-electron chi connectivity index (χ0n) is 16.3. The minimum Gasteiger partial charge on any atom is -0.373 e. The van der Waals surface area contributed by atoms with Crippen molar-refractivity contribution < 1.29 is 27.5 Å². The standard InChI is InChI=1S/C20H24FN3O5S/c21-18-6-2-1-4-16(18)14-29-17-7-10-24(11-8-17)30(27,28)19(12-20(25)23-26)15-5-3-9-22-13-15/h1-6,9,13,17,19,26H,7-8,10-12,14H2,(H,23,25)/t19-/m1/s1. The summed E-state index contributed by atoms with van der Waals surface area (Å²) in [6.45, 7) is 0.572. The first-order valence-electron chi connectivity index (χ1n) is 9.58. The van der Waals surface area contributed by atoms with Crippen LogP contribution in [-0.4, -0.2) is 48.0 Å². The van der Waals surface area contributed by atoms with Gasteiger partial charge in [-0.25, -0.2) is 22.6 Å². The number of ether oxygens (including phenoxy) is 1. The average Bonchev–Trinajstić information content (AvgIpc) is 2.77. The third-order valence-electron chi connectivity index (χ3n) is 5.10. The summed E-state index contributed by atoms with van der Waals surface area (Å²) in [5, 5.41) is 7.69. The summed E-state index contributed by atoms with van der Waals surface area (Å²) < 4.78 is 47.3. The first-order chi connectivity index (χ1) is 14.4. The minimum atomic E-state index is -3.87. The lowest BCUT2D eigenvalue weighted by molar-refractivity contribution is -0.129. The van der Waals surface area contributed by atoms with Crippen LogP contribution in [0.3, 0.4) is 0 Å². The van der Waals surface area contributed by atoms with Crippen molar-refractivity contribution in [1.29, 1.82) is 0 Å². The van der Waals surface area contributed by atoms with Gasteiger partial charge in [-0.1, -0.05) is 24.3 Å². The third kappa shape index (κ3) is 5.39. The van der Waals surface area contributed by atoms with E-state index in [0.29, 0.717) is 24.0 Å². The van der Waals surface area contributed by atoms with Crippen LogP contribution in [0.4, 0.5) is 4.39 Å². The lowest BCUT2D eigenvalue weighted by atomic mass is 10.1. The number of piperidine rings is 1. The fourth-order valence-corrected chi connectivity index (χ4v) is 5.36. The number of nitrogens with one attached hydrogen (secondary N) is 1. The van der Waals surface area contributed by atoms with E-state index in [4.69, 9.17) is 9.94 Å². The normalized spacial score (nSPS) is 16.9. The zero-order chi connectivity index (χ0) is 21.6. The Labute approximate surface area is 174 Å². The highest BCUT2D eigenvalue weighted by atomic mass is 32.2. The van der Waals surface area contributed by atoms with Gasteiger partial charge in [-0.05, 0) is 30.5 Å². The summed E-state index contributed by atoms with van der Waals surface area (Å²) in [5.41, 5.74) is 2.32. The number of amides is 1. The van der Waals surface area contributed by atoms with Gasteiger partial charge in [0.2, 0.25) is 15.9 Å². The van der Waals surface area contributed by atoms with E-state index in [1.807, 2.05) is 0 Å². The molecular weight excluding hydrogens is 413 g/mol. The number of hydroxylamine groups is 1. The second-order valence-electron chi connectivity index (χ2n) is 7.06. The van der Waals surface area contributed by atoms with E-state index in [1.54, 1.807) is 30.3 Å². The van der Waals surface area contributed by atoms with Gasteiger partial charge in [0.1, 0.15) is 11.1 Å². The average molecular weight is 437 g/mol. The van der Waals surface area contributed by atoms with E-state index in [2.05, 4.69) is 4.98 Å². The molecule has 1 aromatic heterocycles. The number of nitrogens with zero attached hydrogens (tertiary/aromatic N) is 2. The number of hydrogen-bond acceptors (Lipinski definition) is 6. The van der Waals surface area contributed by atoms with Crippen molar-refractivity contribution in [2.75, 3.05) is 13.1 Å². The molecule has 1 aliphatic heterocycles. The Bertz CT molecular complexity index is 950. The van der Waals surface area contributed by atoms with Crippen LogP contribution in [0.15, 0.2) is 48.8 Å². The number of sulfonamides is 1. The van der Waals surface area contributed by atoms with Gasteiger partial charge in [0, 0.05) is 31.0 Å². The Morgan fingerprint density at radius 1 is 1.27 bits per heavy atom. The molecule has 0 spiro atoms. The molecule has 1 amide bonds. The molecule has 1 saturated heterocycles. The molecule has 10 heteroatoms. The molecule has 0 aliphatic carbocycles. The van der Waals surface area contributed by atoms with Crippen LogP contribution in [0.5, 0.6) is 0 Å². The Kier molecular flexibility index (Phi) is 7.48. The molecule has 2 heterocycles. The summed E-state index contributed by atoms with van der Waals surface area (Å²) in [5.74, 6) is -1.13. The molecule has 30 heavy (non-hydrogen) atoms. The molecule has 0 unspecified atom stereocenters. The Morgan fingerprint density at radius 2 is 2.00 bits per heavy atom. The highest BCUT2D eigenvalue weighted by Crippen LogP contribution is 2.31. The molecule has 0 radical (unpaired) electrons. The number of halogens is 1. The predicted octanol–water partition coefficient (Wildman–Crippen LogP) is 2.17. The molecule has 1 atom stereocenters. The molecule has 1 fully saturated rings. The highest BCUT2D eigenvalue weighted by Gasteiger charge is 2.37. The first-order valence-corrected chi connectivity index (χ1v) is 11.1. The van der Waals surface area contributed by atoms with E-state index in [9.17, 15) is 17.6 Å². The molecular formula is C20H24FN3O5S. The molecule has 3 rings (SSSR count). The van der Waals surface area contributed by atoms with Crippen molar-refractivity contribution in [2.45, 2.75) is 37.2 Å². The second-order valence-corrected chi connectivity index (χ2v) is 9.18. The lowest BCUT2D eigenvalue weighted by Gasteiger charge is -2.33. The fraction of sp³-hybridized carbons (Fsp3) is 0.400. The zero-order valence-corrected chi connectivity index (χ0v) is 17.1. The number of pyridine rings is 1. The molecule has 0 bridgehead atoms. The van der Waals surface area contributed by atoms with Gasteiger partial charge in [-0.15, -0.1) is 0 Å². The lowest BCUT2D eigenvalue weighted by Crippen LogP contribution is -2.43. The van der Waals surface area contributed by atoms with Gasteiger partial charge >= 0.3 is 0 Å². The molecule has 2 aromatic rings. The van der Waals surface area contributed by atoms with Crippen LogP contribution in [0, 0.1) is 5.82 Å². The quantitative estimate of drug-likeness (QED) is 0.484. The predicted molar refractivity (Wildman–Crippen MR) is 106 cm³/mol. The van der Waals surface area contributed by atoms with Crippen molar-refractivity contribution in [1.82, 2.24) is 14.8 Å². The number of benzene rings is 1. The molecule has 2 N–H and O–H groups in total. The largest absolute Gasteiger partial charge is 0.373 e. The topological polar surface area (TPSA) is 109 Å². The Hall–Kier alpha value is -2.40. The van der Waals surface area contributed by atoms with Gasteiger partial charge in [0.15, 0.2) is 0 Å². The summed E-state index contributed by atoms with van der Waals surface area (Å²) in [4.78, 5) is 15.7. The van der Waals surface area contributed by atoms with Crippen LogP contribution in [0.1, 0.15) is 35.6 Å². The first kappa shape index (κ1) is 22.3. The molecule has 1 aromatic carbocycles. The number of rotatable bonds is 8. The Morgan fingerprint density at radius 3 is 2.63 bits per heavy atom. The maximum Gasteiger partial charge on any atom is 0.245 e. The van der Waals surface area contributed by atoms with Crippen molar-refractivity contribution in [2.24, 2.45) is 0 Å². The maximum absolute atomic E-state index is 13.7. The van der Waals surface area contributed by atoms with E-state index < -0.39 is 27.6 Å². The van der Waals surface area contributed by atoms with Crippen LogP contribution in [0.25, 0.3) is 0 Å². The van der Waals surface area contributed by atoms with E-state index in [1.165, 1.54) is 28.2 Å². The van der Waals surface area contributed by atoms with Crippen molar-refractivity contribution in [3.05, 3.63) is 65.7 Å². The van der Waals surface area contributed by atoms with E-state index in [-0.39, 0.29) is 31.6 Å². The van der Waals surface area contributed by atoms with Gasteiger partial charge < -0.3 is 4.74 Å². The molecule has 8 nitrogen and oxygen atoms in total. The van der Waals surface area contributed by atoms with Crippen molar-refractivity contribution in [3.8, 4) is 0 Å². The van der Waals surface area contributed by atoms with Gasteiger partial charge in [0.05, 0.1) is 19.1 Å². The van der Waals surface area contributed by atoms with Crippen LogP contribution < -0.4 is 5.48 Å². The number of carbonyl (C=O) groups is 1. The number of aromatic nitrogens is 1. The summed E-state index contributed by atoms with van der Waals surface area (Å²) in [6.07, 6.45) is 3.22. The minimum absolute atomic E-state index is 0.124. The molecule has 1 aliphatic rings. The van der Waals surface area contributed by atoms with Crippen molar-refractivity contribution in [3.63, 3.8) is 0 Å². The summed E-state index contributed by atoms with van der Waals surface area (Å²) in [6, 6.07) is 9.55. The summed E-state index contributed by atoms with van der Waals surface area (Å²) in [7, 11) is -3.87. The van der Waals surface area contributed by atoms with E-state index in [0.717, 1.165) is 0 Å². The maximum atomic E-state index is 13.7. The Balaban J connectivity index is 1.64. The smallest absolute Gasteiger partial charge is 0.245 e. The van der Waals surface area contributed by atoms with Crippen LogP contribution >= 0.6 is 0 Å². The summed E-state index contributed by atoms with van der Waals surface area (Å²) >= 11 is 0. The molecule has 162 valence electrons. The number of hydrogen-bond donors (Lipinski definition) is 2.